The second-order valence-electron chi connectivity index (χ2n) is 6.21. The molecule has 134 valence electrons. The molecule has 2 aliphatic rings. The van der Waals surface area contributed by atoms with Gasteiger partial charge in [-0.15, -0.1) is 0 Å². The van der Waals surface area contributed by atoms with Crippen molar-refractivity contribution in [3.8, 4) is 5.75 Å². The van der Waals surface area contributed by atoms with Gasteiger partial charge >= 0.3 is 0 Å². The van der Waals surface area contributed by atoms with Crippen molar-refractivity contribution in [2.45, 2.75) is 0 Å². The Bertz CT molecular complexity index is 1000. The summed E-state index contributed by atoms with van der Waals surface area (Å²) in [6, 6.07) is 17.2. The number of carbonyl (C=O) groups is 1. The molecule has 0 fully saturated rings. The summed E-state index contributed by atoms with van der Waals surface area (Å²) in [6.45, 7) is 0. The molecular formula is C22H17ClN2O2. The number of rotatable bonds is 4. The fraction of sp³-hybridized carbons (Fsp3) is 0.0909. The van der Waals surface area contributed by atoms with Crippen molar-refractivity contribution in [3.63, 3.8) is 0 Å². The summed E-state index contributed by atoms with van der Waals surface area (Å²) in [5.41, 5.74) is 3.76. The van der Waals surface area contributed by atoms with Crippen LogP contribution < -0.4 is 10.1 Å². The number of aliphatic imine (C=N–C) groups is 1. The predicted molar refractivity (Wildman–Crippen MR) is 109 cm³/mol. The van der Waals surface area contributed by atoms with E-state index in [9.17, 15) is 4.79 Å². The van der Waals surface area contributed by atoms with E-state index in [1.54, 1.807) is 19.3 Å². The maximum absolute atomic E-state index is 12.8. The highest BCUT2D eigenvalue weighted by atomic mass is 35.5. The van der Waals surface area contributed by atoms with Crippen molar-refractivity contribution < 1.29 is 9.53 Å². The summed E-state index contributed by atoms with van der Waals surface area (Å²) in [4.78, 5) is 17.1. The fourth-order valence-electron chi connectivity index (χ4n) is 3.23. The zero-order valence-corrected chi connectivity index (χ0v) is 15.4. The molecule has 1 aliphatic heterocycles. The molecule has 2 aromatic rings. The molecule has 1 amide bonds. The van der Waals surface area contributed by atoms with Crippen LogP contribution in [0.1, 0.15) is 5.56 Å². The molecule has 1 N–H and O–H groups in total. The van der Waals surface area contributed by atoms with Gasteiger partial charge in [-0.05, 0) is 42.0 Å². The molecule has 1 heterocycles. The number of hydrogen-bond acceptors (Lipinski definition) is 3. The van der Waals surface area contributed by atoms with Gasteiger partial charge in [-0.3, -0.25) is 4.79 Å². The van der Waals surface area contributed by atoms with E-state index in [0.29, 0.717) is 16.4 Å². The Morgan fingerprint density at radius 3 is 2.48 bits per heavy atom. The number of halogens is 1. The van der Waals surface area contributed by atoms with Crippen LogP contribution in [0.2, 0.25) is 0 Å². The molecule has 2 aromatic carbocycles. The second-order valence-corrected chi connectivity index (χ2v) is 6.65. The standard InChI is InChI=1S/C22H17ClN2O2/c1-27-17-10-8-16(9-11-17)24-21-20(14-5-3-2-4-6-14)18-13-15(23)7-12-19(18)25-22(21)26/h2-13,18,24H,1H3. The van der Waals surface area contributed by atoms with E-state index in [-0.39, 0.29) is 11.8 Å². The summed E-state index contributed by atoms with van der Waals surface area (Å²) in [5.74, 6) is 0.274. The number of methoxy groups -OCH3 is 1. The molecule has 0 saturated heterocycles. The van der Waals surface area contributed by atoms with Crippen LogP contribution in [0.5, 0.6) is 5.75 Å². The number of dihydropyridines is 1. The van der Waals surface area contributed by atoms with E-state index >= 15 is 0 Å². The van der Waals surface area contributed by atoms with Crippen LogP contribution in [0, 0.1) is 5.92 Å². The van der Waals surface area contributed by atoms with Gasteiger partial charge in [0.25, 0.3) is 5.91 Å². The number of amides is 1. The Kier molecular flexibility index (Phi) is 4.65. The lowest BCUT2D eigenvalue weighted by Crippen LogP contribution is -2.27. The summed E-state index contributed by atoms with van der Waals surface area (Å²) >= 11 is 6.24. The largest absolute Gasteiger partial charge is 0.497 e. The number of benzene rings is 2. The number of anilines is 1. The van der Waals surface area contributed by atoms with Gasteiger partial charge in [0, 0.05) is 22.2 Å². The van der Waals surface area contributed by atoms with Crippen LogP contribution in [-0.4, -0.2) is 18.7 Å². The zero-order chi connectivity index (χ0) is 18.8. The van der Waals surface area contributed by atoms with E-state index in [0.717, 1.165) is 22.6 Å². The van der Waals surface area contributed by atoms with E-state index in [4.69, 9.17) is 16.3 Å². The molecule has 0 radical (unpaired) electrons. The van der Waals surface area contributed by atoms with Gasteiger partial charge in [0.15, 0.2) is 0 Å². The van der Waals surface area contributed by atoms with Crippen molar-refractivity contribution >= 4 is 34.5 Å². The molecule has 0 bridgehead atoms. The highest BCUT2D eigenvalue weighted by molar-refractivity contribution is 6.33. The highest BCUT2D eigenvalue weighted by Crippen LogP contribution is 2.37. The third-order valence-electron chi connectivity index (χ3n) is 4.53. The van der Waals surface area contributed by atoms with Gasteiger partial charge in [0.2, 0.25) is 0 Å². The van der Waals surface area contributed by atoms with Crippen molar-refractivity contribution in [3.05, 3.63) is 89.1 Å². The summed E-state index contributed by atoms with van der Waals surface area (Å²) < 4.78 is 5.19. The van der Waals surface area contributed by atoms with Gasteiger partial charge in [0.1, 0.15) is 11.4 Å². The molecule has 27 heavy (non-hydrogen) atoms. The zero-order valence-electron chi connectivity index (χ0n) is 14.6. The van der Waals surface area contributed by atoms with E-state index in [2.05, 4.69) is 10.3 Å². The first-order valence-electron chi connectivity index (χ1n) is 8.54. The van der Waals surface area contributed by atoms with Gasteiger partial charge < -0.3 is 10.1 Å². The summed E-state index contributed by atoms with van der Waals surface area (Å²) in [7, 11) is 1.62. The second kappa shape index (κ2) is 7.25. The van der Waals surface area contributed by atoms with Crippen molar-refractivity contribution in [2.24, 2.45) is 10.9 Å². The van der Waals surface area contributed by atoms with E-state index < -0.39 is 0 Å². The molecule has 1 unspecified atom stereocenters. The number of fused-ring (bicyclic) bond motifs is 1. The minimum Gasteiger partial charge on any atom is -0.497 e. The number of carbonyl (C=O) groups excluding carboxylic acids is 1. The monoisotopic (exact) mass is 376 g/mol. The predicted octanol–water partition coefficient (Wildman–Crippen LogP) is 4.81. The Labute approximate surface area is 162 Å². The molecule has 0 saturated carbocycles. The molecular weight excluding hydrogens is 360 g/mol. The average molecular weight is 377 g/mol. The topological polar surface area (TPSA) is 50.7 Å². The van der Waals surface area contributed by atoms with Crippen LogP contribution in [0.15, 0.2) is 88.5 Å². The number of hydrogen-bond donors (Lipinski definition) is 1. The van der Waals surface area contributed by atoms with Crippen molar-refractivity contribution in [1.82, 2.24) is 0 Å². The molecule has 1 aliphatic carbocycles. The maximum Gasteiger partial charge on any atom is 0.293 e. The van der Waals surface area contributed by atoms with Crippen LogP contribution in [0.3, 0.4) is 0 Å². The van der Waals surface area contributed by atoms with Crippen molar-refractivity contribution in [1.29, 1.82) is 0 Å². The number of allylic oxidation sites excluding steroid dienone is 5. The lowest BCUT2D eigenvalue weighted by Gasteiger charge is -2.27. The highest BCUT2D eigenvalue weighted by Gasteiger charge is 2.32. The van der Waals surface area contributed by atoms with E-state index in [1.807, 2.05) is 60.7 Å². The summed E-state index contributed by atoms with van der Waals surface area (Å²) in [6.07, 6.45) is 5.48. The fourth-order valence-corrected chi connectivity index (χ4v) is 3.42. The third-order valence-corrected chi connectivity index (χ3v) is 4.78. The average Bonchev–Trinajstić information content (AvgIpc) is 2.70. The molecule has 5 heteroatoms. The Morgan fingerprint density at radius 2 is 1.78 bits per heavy atom. The molecule has 1 atom stereocenters. The van der Waals surface area contributed by atoms with Gasteiger partial charge in [-0.25, -0.2) is 4.99 Å². The van der Waals surface area contributed by atoms with E-state index in [1.165, 1.54) is 0 Å². The van der Waals surface area contributed by atoms with Gasteiger partial charge in [0.05, 0.1) is 12.8 Å². The Morgan fingerprint density at radius 1 is 1.04 bits per heavy atom. The quantitative estimate of drug-likeness (QED) is 0.833. The number of nitrogens with zero attached hydrogens (tertiary/aromatic N) is 1. The first-order valence-corrected chi connectivity index (χ1v) is 8.92. The molecule has 4 rings (SSSR count). The van der Waals surface area contributed by atoms with Crippen molar-refractivity contribution in [2.75, 3.05) is 12.4 Å². The first-order chi connectivity index (χ1) is 13.2. The van der Waals surface area contributed by atoms with Crippen LogP contribution in [-0.2, 0) is 4.79 Å². The Balaban J connectivity index is 1.82. The van der Waals surface area contributed by atoms with Gasteiger partial charge in [-0.1, -0.05) is 48.0 Å². The molecule has 0 aromatic heterocycles. The smallest absolute Gasteiger partial charge is 0.293 e. The van der Waals surface area contributed by atoms with Gasteiger partial charge in [-0.2, -0.15) is 0 Å². The normalized spacial score (nSPS) is 18.6. The number of ether oxygens (including phenoxy) is 1. The number of nitrogens with one attached hydrogen (secondary N) is 1. The SMILES string of the molecule is COc1ccc(NC2=C(c3ccccc3)C3C=C(Cl)C=CC3=NC2=O)cc1. The maximum atomic E-state index is 12.8. The third kappa shape index (κ3) is 3.44. The minimum absolute atomic E-state index is 0.177. The van der Waals surface area contributed by atoms with Crippen LogP contribution in [0.25, 0.3) is 5.57 Å². The lowest BCUT2D eigenvalue weighted by atomic mass is 9.82. The lowest BCUT2D eigenvalue weighted by molar-refractivity contribution is -0.114. The van der Waals surface area contributed by atoms with Crippen LogP contribution in [0.4, 0.5) is 5.69 Å². The minimum atomic E-state index is -0.299. The first kappa shape index (κ1) is 17.3. The molecule has 4 nitrogen and oxygen atoms in total. The van der Waals surface area contributed by atoms with Crippen LogP contribution >= 0.6 is 11.6 Å². The Hall–Kier alpha value is -3.11. The molecule has 0 spiro atoms. The summed E-state index contributed by atoms with van der Waals surface area (Å²) in [5, 5.41) is 3.88.